The number of aryl methyl sites for hydroxylation is 1. The molecule has 0 saturated heterocycles. The number of hydrogen-bond donors (Lipinski definition) is 0. The Morgan fingerprint density at radius 3 is 2.23 bits per heavy atom. The summed E-state index contributed by atoms with van der Waals surface area (Å²) in [6.45, 7) is 8.41. The fraction of sp³-hybridized carbons (Fsp3) is 0.500. The first-order valence-corrected chi connectivity index (χ1v) is 8.01. The van der Waals surface area contributed by atoms with E-state index in [0.717, 1.165) is 5.56 Å². The second-order valence-corrected chi connectivity index (χ2v) is 9.47. The molecule has 0 atom stereocenters. The smallest absolute Gasteiger partial charge is 0.161 e. The van der Waals surface area contributed by atoms with Crippen LogP contribution in [0.15, 0.2) is 12.3 Å². The quantitative estimate of drug-likeness (QED) is 0.521. The predicted octanol–water partition coefficient (Wildman–Crippen LogP) is 1.77. The van der Waals surface area contributed by atoms with Gasteiger partial charge in [-0.3, -0.25) is 4.79 Å². The van der Waals surface area contributed by atoms with Gasteiger partial charge in [0.25, 0.3) is 0 Å². The van der Waals surface area contributed by atoms with Crippen molar-refractivity contribution in [2.75, 3.05) is 0 Å². The Hall–Kier alpha value is -0.833. The molecule has 0 amide bonds. The number of nitrogens with zero attached hydrogens (tertiary/aromatic N) is 1. The molecule has 1 aromatic rings. The van der Waals surface area contributed by atoms with Crippen molar-refractivity contribution in [3.8, 4) is 0 Å². The zero-order chi connectivity index (χ0) is 10.2. The maximum atomic E-state index is 11.3. The Balaban J connectivity index is 3.33. The van der Waals surface area contributed by atoms with Crippen molar-refractivity contribution in [3.05, 3.63) is 17.8 Å². The summed E-state index contributed by atoms with van der Waals surface area (Å²) in [5, 5.41) is 1.25. The Bertz CT molecular complexity index is 333. The maximum absolute atomic E-state index is 11.3. The van der Waals surface area contributed by atoms with Gasteiger partial charge in [-0.25, -0.2) is 0 Å². The number of Topliss-reactive ketones (excluding diaryl/α,β-unsaturated/α-hetero) is 1. The lowest BCUT2D eigenvalue weighted by Gasteiger charge is -2.19. The molecule has 0 aliphatic heterocycles. The Morgan fingerprint density at radius 2 is 1.92 bits per heavy atom. The van der Waals surface area contributed by atoms with Crippen LogP contribution < -0.4 is 5.32 Å². The molecule has 1 rings (SSSR count). The fourth-order valence-corrected chi connectivity index (χ4v) is 3.95. The van der Waals surface area contributed by atoms with E-state index in [9.17, 15) is 4.79 Å². The third kappa shape index (κ3) is 1.91. The minimum atomic E-state index is -1.39. The summed E-state index contributed by atoms with van der Waals surface area (Å²) in [6, 6.07) is 1.93. The van der Waals surface area contributed by atoms with E-state index in [4.69, 9.17) is 0 Å². The van der Waals surface area contributed by atoms with E-state index in [1.54, 1.807) is 6.92 Å². The van der Waals surface area contributed by atoms with Gasteiger partial charge in [0.05, 0.1) is 8.07 Å². The topological polar surface area (TPSA) is 22.0 Å². The Morgan fingerprint density at radius 1 is 1.38 bits per heavy atom. The van der Waals surface area contributed by atoms with Crippen LogP contribution in [0.4, 0.5) is 0 Å². The van der Waals surface area contributed by atoms with E-state index in [1.807, 2.05) is 19.3 Å². The molecule has 3 heteroatoms. The van der Waals surface area contributed by atoms with Gasteiger partial charge in [0.15, 0.2) is 5.78 Å². The van der Waals surface area contributed by atoms with E-state index in [-0.39, 0.29) is 5.78 Å². The molecule has 0 saturated carbocycles. The molecular formula is C10H17NOSi. The van der Waals surface area contributed by atoms with Crippen LogP contribution in [-0.4, -0.2) is 18.4 Å². The van der Waals surface area contributed by atoms with Gasteiger partial charge in [0.1, 0.15) is 0 Å². The summed E-state index contributed by atoms with van der Waals surface area (Å²) in [5.41, 5.74) is 0.904. The van der Waals surface area contributed by atoms with E-state index in [1.165, 1.54) is 5.32 Å². The number of carbonyl (C=O) groups excluding carboxylic acids is 1. The SMILES string of the molecule is CC(=O)c1ccn(C)c1[Si](C)(C)C. The van der Waals surface area contributed by atoms with E-state index < -0.39 is 8.07 Å². The summed E-state index contributed by atoms with van der Waals surface area (Å²) in [4.78, 5) is 11.3. The molecule has 0 aliphatic rings. The average molecular weight is 195 g/mol. The van der Waals surface area contributed by atoms with Crippen molar-refractivity contribution in [3.63, 3.8) is 0 Å². The van der Waals surface area contributed by atoms with Crippen molar-refractivity contribution in [2.45, 2.75) is 26.6 Å². The molecule has 1 heterocycles. The lowest BCUT2D eigenvalue weighted by Crippen LogP contribution is -2.44. The molecule has 0 spiro atoms. The molecule has 0 radical (unpaired) electrons. The zero-order valence-electron chi connectivity index (χ0n) is 9.01. The molecule has 72 valence electrons. The molecule has 0 unspecified atom stereocenters. The van der Waals surface area contributed by atoms with E-state index in [2.05, 4.69) is 24.2 Å². The molecule has 13 heavy (non-hydrogen) atoms. The van der Waals surface area contributed by atoms with E-state index in [0.29, 0.717) is 0 Å². The number of ketones is 1. The van der Waals surface area contributed by atoms with Gasteiger partial charge in [0, 0.05) is 24.1 Å². The van der Waals surface area contributed by atoms with Gasteiger partial charge in [0.2, 0.25) is 0 Å². The van der Waals surface area contributed by atoms with Crippen molar-refractivity contribution in [2.24, 2.45) is 7.05 Å². The first-order valence-electron chi connectivity index (χ1n) is 4.51. The van der Waals surface area contributed by atoms with Crippen molar-refractivity contribution >= 4 is 19.2 Å². The van der Waals surface area contributed by atoms with Gasteiger partial charge >= 0.3 is 0 Å². The minimum absolute atomic E-state index is 0.179. The van der Waals surface area contributed by atoms with E-state index >= 15 is 0 Å². The first-order chi connectivity index (χ1) is 5.84. The van der Waals surface area contributed by atoms with Gasteiger partial charge in [-0.2, -0.15) is 0 Å². The van der Waals surface area contributed by atoms with Crippen LogP contribution in [0.25, 0.3) is 0 Å². The van der Waals surface area contributed by atoms with Crippen molar-refractivity contribution < 1.29 is 4.79 Å². The van der Waals surface area contributed by atoms with Crippen LogP contribution in [-0.2, 0) is 7.05 Å². The van der Waals surface area contributed by atoms with Crippen LogP contribution in [0.5, 0.6) is 0 Å². The standard InChI is InChI=1S/C10H17NOSi/c1-8(12)9-6-7-11(2)10(9)13(3,4)5/h6-7H,1-5H3. The van der Waals surface area contributed by atoms with Crippen molar-refractivity contribution in [1.29, 1.82) is 0 Å². The molecule has 0 aromatic carbocycles. The molecule has 0 N–H and O–H groups in total. The third-order valence-electron chi connectivity index (χ3n) is 2.16. The predicted molar refractivity (Wildman–Crippen MR) is 58.4 cm³/mol. The first kappa shape index (κ1) is 10.2. The number of carbonyl (C=O) groups is 1. The highest BCUT2D eigenvalue weighted by Crippen LogP contribution is 2.08. The van der Waals surface area contributed by atoms with Gasteiger partial charge in [-0.1, -0.05) is 19.6 Å². The van der Waals surface area contributed by atoms with Crippen LogP contribution in [0.1, 0.15) is 17.3 Å². The van der Waals surface area contributed by atoms with Crippen LogP contribution in [0, 0.1) is 0 Å². The van der Waals surface area contributed by atoms with Gasteiger partial charge < -0.3 is 4.57 Å². The lowest BCUT2D eigenvalue weighted by atomic mass is 10.2. The highest BCUT2D eigenvalue weighted by atomic mass is 28.3. The zero-order valence-corrected chi connectivity index (χ0v) is 10.0. The number of aromatic nitrogens is 1. The summed E-state index contributed by atoms with van der Waals surface area (Å²) in [7, 11) is 0.623. The highest BCUT2D eigenvalue weighted by molar-refractivity contribution is 6.89. The maximum Gasteiger partial charge on any atom is 0.161 e. The molecule has 1 aromatic heterocycles. The molecule has 2 nitrogen and oxygen atoms in total. The van der Waals surface area contributed by atoms with Gasteiger partial charge in [-0.15, -0.1) is 0 Å². The largest absolute Gasteiger partial charge is 0.358 e. The normalized spacial score (nSPS) is 11.8. The second kappa shape index (κ2) is 3.14. The Kier molecular flexibility index (Phi) is 2.48. The molecule has 0 bridgehead atoms. The third-order valence-corrected chi connectivity index (χ3v) is 4.21. The van der Waals surface area contributed by atoms with Crippen LogP contribution in [0.3, 0.4) is 0 Å². The molecule has 0 fully saturated rings. The summed E-state index contributed by atoms with van der Waals surface area (Å²) in [5.74, 6) is 0.179. The lowest BCUT2D eigenvalue weighted by molar-refractivity contribution is 0.101. The minimum Gasteiger partial charge on any atom is -0.358 e. The van der Waals surface area contributed by atoms with Crippen molar-refractivity contribution in [1.82, 2.24) is 4.57 Å². The Labute approximate surface area is 80.6 Å². The second-order valence-electron chi connectivity index (χ2n) is 4.50. The molecular weight excluding hydrogens is 178 g/mol. The average Bonchev–Trinajstić information content (AvgIpc) is 2.28. The van der Waals surface area contributed by atoms with Gasteiger partial charge in [-0.05, 0) is 13.0 Å². The number of rotatable bonds is 2. The van der Waals surface area contributed by atoms with Crippen LogP contribution in [0.2, 0.25) is 19.6 Å². The fourth-order valence-electron chi connectivity index (χ4n) is 1.75. The molecule has 0 aliphatic carbocycles. The summed E-state index contributed by atoms with van der Waals surface area (Å²) < 4.78 is 2.09. The number of hydrogen-bond acceptors (Lipinski definition) is 1. The summed E-state index contributed by atoms with van der Waals surface area (Å²) in [6.07, 6.45) is 1.98. The monoisotopic (exact) mass is 195 g/mol. The highest BCUT2D eigenvalue weighted by Gasteiger charge is 2.24. The summed E-state index contributed by atoms with van der Waals surface area (Å²) >= 11 is 0. The van der Waals surface area contributed by atoms with Crippen LogP contribution >= 0.6 is 0 Å².